The average Bonchev–Trinajstić information content (AvgIpc) is 2.47. The number of benzene rings is 1. The summed E-state index contributed by atoms with van der Waals surface area (Å²) in [6.45, 7) is 3.59. The normalized spacial score (nSPS) is 16.8. The van der Waals surface area contributed by atoms with E-state index >= 15 is 0 Å². The Morgan fingerprint density at radius 2 is 2.10 bits per heavy atom. The number of piperazine rings is 1. The lowest BCUT2D eigenvalue weighted by Gasteiger charge is -2.30. The fraction of sp³-hybridized carbons (Fsp3) is 0.467. The lowest BCUT2D eigenvalue weighted by Crippen LogP contribution is -2.52. The first kappa shape index (κ1) is 15.8. The molecule has 114 valence electrons. The van der Waals surface area contributed by atoms with Crippen molar-refractivity contribution in [1.29, 1.82) is 0 Å². The third-order valence-electron chi connectivity index (χ3n) is 3.79. The van der Waals surface area contributed by atoms with Gasteiger partial charge in [-0.25, -0.2) is 0 Å². The van der Waals surface area contributed by atoms with Crippen molar-refractivity contribution >= 4 is 23.4 Å². The molecular weight excluding hydrogens is 290 g/mol. The summed E-state index contributed by atoms with van der Waals surface area (Å²) in [5.74, 6) is -0.115. The van der Waals surface area contributed by atoms with Crippen LogP contribution in [0.4, 0.5) is 0 Å². The van der Waals surface area contributed by atoms with Gasteiger partial charge >= 0.3 is 0 Å². The smallest absolute Gasteiger partial charge is 0.239 e. The quantitative estimate of drug-likeness (QED) is 0.912. The molecule has 1 N–H and O–H groups in total. The Morgan fingerprint density at radius 3 is 2.71 bits per heavy atom. The maximum absolute atomic E-state index is 12.2. The summed E-state index contributed by atoms with van der Waals surface area (Å²) >= 11 is 5.88. The predicted molar refractivity (Wildman–Crippen MR) is 82.1 cm³/mol. The van der Waals surface area contributed by atoms with Gasteiger partial charge in [0, 0.05) is 24.2 Å². The number of carbonyl (C=O) groups is 2. The number of amides is 2. The zero-order chi connectivity index (χ0) is 15.4. The molecule has 0 aromatic heterocycles. The van der Waals surface area contributed by atoms with Gasteiger partial charge in [0.15, 0.2) is 0 Å². The number of hydrogen-bond acceptors (Lipinski definition) is 3. The van der Waals surface area contributed by atoms with Gasteiger partial charge in [-0.15, -0.1) is 0 Å². The van der Waals surface area contributed by atoms with Gasteiger partial charge in [-0.1, -0.05) is 23.7 Å². The molecule has 1 aliphatic rings. The molecule has 0 saturated carbocycles. The summed E-state index contributed by atoms with van der Waals surface area (Å²) in [5.41, 5.74) is 1.10. The first-order valence-electron chi connectivity index (χ1n) is 6.97. The van der Waals surface area contributed by atoms with E-state index in [2.05, 4.69) is 5.32 Å². The summed E-state index contributed by atoms with van der Waals surface area (Å²) in [6, 6.07) is 7.71. The molecule has 2 rings (SSSR count). The van der Waals surface area contributed by atoms with Gasteiger partial charge in [0.2, 0.25) is 11.8 Å². The van der Waals surface area contributed by atoms with E-state index in [0.717, 1.165) is 5.56 Å². The Hall–Kier alpha value is -1.59. The van der Waals surface area contributed by atoms with E-state index in [0.29, 0.717) is 18.1 Å². The summed E-state index contributed by atoms with van der Waals surface area (Å²) < 4.78 is 0. The molecule has 1 aromatic carbocycles. The van der Waals surface area contributed by atoms with Crippen LogP contribution in [0.15, 0.2) is 24.3 Å². The first-order valence-corrected chi connectivity index (χ1v) is 7.35. The molecule has 21 heavy (non-hydrogen) atoms. The number of rotatable bonds is 4. The lowest BCUT2D eigenvalue weighted by molar-refractivity contribution is -0.139. The second kappa shape index (κ2) is 6.91. The van der Waals surface area contributed by atoms with E-state index in [1.807, 2.05) is 43.1 Å². The molecule has 1 saturated heterocycles. The molecule has 1 atom stereocenters. The maximum Gasteiger partial charge on any atom is 0.239 e. The summed E-state index contributed by atoms with van der Waals surface area (Å²) in [4.78, 5) is 27.1. The van der Waals surface area contributed by atoms with E-state index in [-0.39, 0.29) is 30.9 Å². The van der Waals surface area contributed by atoms with Crippen LogP contribution in [0, 0.1) is 0 Å². The van der Waals surface area contributed by atoms with Gasteiger partial charge in [-0.05, 0) is 31.7 Å². The van der Waals surface area contributed by atoms with Crippen LogP contribution in [0.5, 0.6) is 0 Å². The van der Waals surface area contributed by atoms with E-state index in [1.165, 1.54) is 0 Å². The highest BCUT2D eigenvalue weighted by molar-refractivity contribution is 6.30. The highest BCUT2D eigenvalue weighted by Crippen LogP contribution is 2.20. The van der Waals surface area contributed by atoms with Gasteiger partial charge in [-0.2, -0.15) is 0 Å². The van der Waals surface area contributed by atoms with Crippen LogP contribution >= 0.6 is 11.6 Å². The molecule has 0 radical (unpaired) electrons. The molecule has 5 nitrogen and oxygen atoms in total. The van der Waals surface area contributed by atoms with E-state index < -0.39 is 0 Å². The van der Waals surface area contributed by atoms with Crippen molar-refractivity contribution in [3.63, 3.8) is 0 Å². The van der Waals surface area contributed by atoms with Crippen LogP contribution in [0.3, 0.4) is 0 Å². The summed E-state index contributed by atoms with van der Waals surface area (Å²) in [5, 5.41) is 3.41. The molecule has 1 heterocycles. The number of carbonyl (C=O) groups excluding carboxylic acids is 2. The maximum atomic E-state index is 12.2. The molecule has 1 unspecified atom stereocenters. The highest BCUT2D eigenvalue weighted by Gasteiger charge is 2.23. The van der Waals surface area contributed by atoms with Gasteiger partial charge in [-0.3, -0.25) is 14.5 Å². The van der Waals surface area contributed by atoms with Gasteiger partial charge < -0.3 is 10.2 Å². The largest absolute Gasteiger partial charge is 0.353 e. The standard InChI is InChI=1S/C15H20ClN3O2/c1-11(12-3-5-13(16)6-4-12)18(2)10-15(21)19-8-7-17-14(20)9-19/h3-6,11H,7-10H2,1-2H3,(H,17,20). The zero-order valence-corrected chi connectivity index (χ0v) is 13.1. The van der Waals surface area contributed by atoms with Crippen LogP contribution in [0.1, 0.15) is 18.5 Å². The van der Waals surface area contributed by atoms with Gasteiger partial charge in [0.25, 0.3) is 0 Å². The summed E-state index contributed by atoms with van der Waals surface area (Å²) in [7, 11) is 1.90. The minimum Gasteiger partial charge on any atom is -0.353 e. The van der Waals surface area contributed by atoms with Crippen LogP contribution in [0.25, 0.3) is 0 Å². The second-order valence-corrected chi connectivity index (χ2v) is 5.74. The number of hydrogen-bond donors (Lipinski definition) is 1. The molecule has 2 amide bonds. The van der Waals surface area contributed by atoms with Crippen molar-refractivity contribution in [2.24, 2.45) is 0 Å². The first-order chi connectivity index (χ1) is 9.97. The molecular formula is C15H20ClN3O2. The van der Waals surface area contributed by atoms with Crippen molar-refractivity contribution in [3.8, 4) is 0 Å². The third-order valence-corrected chi connectivity index (χ3v) is 4.04. The Bertz CT molecular complexity index is 518. The van der Waals surface area contributed by atoms with Crippen LogP contribution < -0.4 is 5.32 Å². The Balaban J connectivity index is 1.93. The SMILES string of the molecule is CC(c1ccc(Cl)cc1)N(C)CC(=O)N1CCNC(=O)C1. The van der Waals surface area contributed by atoms with E-state index in [1.54, 1.807) is 4.90 Å². The fourth-order valence-electron chi connectivity index (χ4n) is 2.30. The molecule has 6 heteroatoms. The number of halogens is 1. The topological polar surface area (TPSA) is 52.7 Å². The highest BCUT2D eigenvalue weighted by atomic mass is 35.5. The monoisotopic (exact) mass is 309 g/mol. The molecule has 1 aromatic rings. The van der Waals surface area contributed by atoms with Crippen molar-refractivity contribution in [1.82, 2.24) is 15.1 Å². The third kappa shape index (κ3) is 4.19. The summed E-state index contributed by atoms with van der Waals surface area (Å²) in [6.07, 6.45) is 0. The lowest BCUT2D eigenvalue weighted by atomic mass is 10.1. The van der Waals surface area contributed by atoms with Crippen molar-refractivity contribution in [2.45, 2.75) is 13.0 Å². The number of likely N-dealkylation sites (N-methyl/N-ethyl adjacent to an activating group) is 1. The molecule has 0 spiro atoms. The Labute approximate surface area is 129 Å². The number of nitrogens with zero attached hydrogens (tertiary/aromatic N) is 2. The second-order valence-electron chi connectivity index (χ2n) is 5.31. The zero-order valence-electron chi connectivity index (χ0n) is 12.3. The van der Waals surface area contributed by atoms with Crippen molar-refractivity contribution in [2.75, 3.05) is 33.2 Å². The predicted octanol–water partition coefficient (Wildman–Crippen LogP) is 1.29. The minimum atomic E-state index is -0.0944. The number of nitrogens with one attached hydrogen (secondary N) is 1. The van der Waals surface area contributed by atoms with Crippen LogP contribution in [-0.4, -0.2) is 54.8 Å². The van der Waals surface area contributed by atoms with E-state index in [4.69, 9.17) is 11.6 Å². The minimum absolute atomic E-state index is 0.0202. The van der Waals surface area contributed by atoms with Crippen LogP contribution in [-0.2, 0) is 9.59 Å². The van der Waals surface area contributed by atoms with Gasteiger partial charge in [0.1, 0.15) is 0 Å². The Kier molecular flexibility index (Phi) is 5.20. The fourth-order valence-corrected chi connectivity index (χ4v) is 2.42. The van der Waals surface area contributed by atoms with Gasteiger partial charge in [0.05, 0.1) is 13.1 Å². The Morgan fingerprint density at radius 1 is 1.43 bits per heavy atom. The van der Waals surface area contributed by atoms with Crippen molar-refractivity contribution < 1.29 is 9.59 Å². The van der Waals surface area contributed by atoms with Crippen molar-refractivity contribution in [3.05, 3.63) is 34.9 Å². The molecule has 1 fully saturated rings. The van der Waals surface area contributed by atoms with Crippen LogP contribution in [0.2, 0.25) is 5.02 Å². The average molecular weight is 310 g/mol. The van der Waals surface area contributed by atoms with E-state index in [9.17, 15) is 9.59 Å². The molecule has 0 aliphatic carbocycles. The molecule has 0 bridgehead atoms. The molecule has 1 aliphatic heterocycles.